The summed E-state index contributed by atoms with van der Waals surface area (Å²) in [5, 5.41) is 22.7. The van der Waals surface area contributed by atoms with E-state index in [0.717, 1.165) is 12.2 Å². The van der Waals surface area contributed by atoms with Crippen molar-refractivity contribution in [1.29, 1.82) is 0 Å². The number of nitrogen functional groups attached to an aromatic ring is 1. The highest BCUT2D eigenvalue weighted by Gasteiger charge is 2.37. The number of thioether (sulfide) groups is 1. The van der Waals surface area contributed by atoms with Crippen LogP contribution in [0.5, 0.6) is 0 Å². The standard InChI is InChI=1S/C13H19ClN4O3S/c1-2-3-22-13-17-10(14)9(15)11(18-13)16-7-4-6(12(20)21)5-8(7)19/h6-8,19H,2-5,15H2,1H3,(H,20,21)(H,16,17,18)/t6-,7+,8+/m0/s1. The Morgan fingerprint density at radius 2 is 2.23 bits per heavy atom. The van der Waals surface area contributed by atoms with Crippen LogP contribution < -0.4 is 11.1 Å². The highest BCUT2D eigenvalue weighted by Crippen LogP contribution is 2.32. The van der Waals surface area contributed by atoms with Gasteiger partial charge >= 0.3 is 5.97 Å². The van der Waals surface area contributed by atoms with Crippen molar-refractivity contribution in [2.75, 3.05) is 16.8 Å². The number of aliphatic carboxylic acids is 1. The maximum absolute atomic E-state index is 11.0. The van der Waals surface area contributed by atoms with Crippen molar-refractivity contribution in [2.24, 2.45) is 5.92 Å². The molecule has 1 fully saturated rings. The average molecular weight is 347 g/mol. The second-order valence-electron chi connectivity index (χ2n) is 5.23. The van der Waals surface area contributed by atoms with Gasteiger partial charge in [0.25, 0.3) is 0 Å². The van der Waals surface area contributed by atoms with Gasteiger partial charge in [-0.15, -0.1) is 0 Å². The van der Waals surface area contributed by atoms with Crippen molar-refractivity contribution >= 4 is 40.8 Å². The third kappa shape index (κ3) is 3.93. The summed E-state index contributed by atoms with van der Waals surface area (Å²) in [4.78, 5) is 19.4. The zero-order valence-corrected chi connectivity index (χ0v) is 13.7. The zero-order chi connectivity index (χ0) is 16.3. The molecule has 7 nitrogen and oxygen atoms in total. The van der Waals surface area contributed by atoms with E-state index in [1.807, 2.05) is 6.92 Å². The predicted molar refractivity (Wildman–Crippen MR) is 86.2 cm³/mol. The van der Waals surface area contributed by atoms with Crippen LogP contribution in [0.1, 0.15) is 26.2 Å². The van der Waals surface area contributed by atoms with Gasteiger partial charge in [0, 0.05) is 5.75 Å². The molecule has 0 bridgehead atoms. The van der Waals surface area contributed by atoms with Gasteiger partial charge in [-0.2, -0.15) is 0 Å². The Morgan fingerprint density at radius 1 is 1.50 bits per heavy atom. The van der Waals surface area contributed by atoms with Gasteiger partial charge in [-0.1, -0.05) is 30.3 Å². The summed E-state index contributed by atoms with van der Waals surface area (Å²) in [6, 6.07) is -0.418. The molecule has 0 aromatic carbocycles. The molecular formula is C13H19ClN4O3S. The van der Waals surface area contributed by atoms with Crippen molar-refractivity contribution < 1.29 is 15.0 Å². The van der Waals surface area contributed by atoms with E-state index in [1.165, 1.54) is 11.8 Å². The molecule has 1 saturated carbocycles. The number of halogens is 1. The number of nitrogens with one attached hydrogen (secondary N) is 1. The molecule has 0 aliphatic heterocycles. The van der Waals surface area contributed by atoms with E-state index in [-0.39, 0.29) is 17.3 Å². The van der Waals surface area contributed by atoms with Crippen molar-refractivity contribution in [3.05, 3.63) is 5.15 Å². The number of hydrogen-bond donors (Lipinski definition) is 4. The quantitative estimate of drug-likeness (QED) is 0.350. The Labute approximate surface area is 137 Å². The van der Waals surface area contributed by atoms with Crippen LogP contribution in [-0.2, 0) is 4.79 Å². The second-order valence-corrected chi connectivity index (χ2v) is 6.65. The van der Waals surface area contributed by atoms with Crippen LogP contribution in [0, 0.1) is 5.92 Å². The van der Waals surface area contributed by atoms with Gasteiger partial charge < -0.3 is 21.3 Å². The van der Waals surface area contributed by atoms with E-state index >= 15 is 0 Å². The van der Waals surface area contributed by atoms with E-state index in [9.17, 15) is 9.90 Å². The van der Waals surface area contributed by atoms with Crippen molar-refractivity contribution in [2.45, 2.75) is 43.5 Å². The fraction of sp³-hybridized carbons (Fsp3) is 0.615. The van der Waals surface area contributed by atoms with Crippen molar-refractivity contribution in [3.63, 3.8) is 0 Å². The minimum atomic E-state index is -0.906. The molecule has 0 unspecified atom stereocenters. The van der Waals surface area contributed by atoms with E-state index in [1.54, 1.807) is 0 Å². The summed E-state index contributed by atoms with van der Waals surface area (Å²) in [6.45, 7) is 2.05. The first kappa shape index (κ1) is 17.1. The molecule has 0 amide bonds. The number of nitrogens with two attached hydrogens (primary N) is 1. The van der Waals surface area contributed by atoms with Crippen molar-refractivity contribution in [3.8, 4) is 0 Å². The number of carboxylic acids is 1. The maximum Gasteiger partial charge on any atom is 0.306 e. The fourth-order valence-electron chi connectivity index (χ4n) is 2.34. The molecule has 0 saturated heterocycles. The first-order chi connectivity index (χ1) is 10.4. The monoisotopic (exact) mass is 346 g/mol. The fourth-order valence-corrected chi connectivity index (χ4v) is 3.26. The number of anilines is 2. The number of nitrogens with zero attached hydrogens (tertiary/aromatic N) is 2. The van der Waals surface area contributed by atoms with Crippen LogP contribution in [0.15, 0.2) is 5.16 Å². The molecule has 1 aromatic rings. The van der Waals surface area contributed by atoms with Gasteiger partial charge in [-0.05, 0) is 19.3 Å². The van der Waals surface area contributed by atoms with E-state index in [2.05, 4.69) is 15.3 Å². The number of aliphatic hydroxyl groups is 1. The molecule has 2 rings (SSSR count). The number of carboxylic acid groups (broad SMARTS) is 1. The van der Waals surface area contributed by atoms with Gasteiger partial charge in [0.2, 0.25) is 0 Å². The Hall–Kier alpha value is -1.25. The summed E-state index contributed by atoms with van der Waals surface area (Å²) >= 11 is 7.48. The van der Waals surface area contributed by atoms with Crippen LogP contribution in [0.2, 0.25) is 5.15 Å². The minimum absolute atomic E-state index is 0.151. The van der Waals surface area contributed by atoms with Gasteiger partial charge in [-0.3, -0.25) is 4.79 Å². The first-order valence-electron chi connectivity index (χ1n) is 7.05. The molecule has 122 valence electrons. The van der Waals surface area contributed by atoms with Gasteiger partial charge in [0.15, 0.2) is 16.1 Å². The molecule has 1 aromatic heterocycles. The average Bonchev–Trinajstić information content (AvgIpc) is 2.83. The van der Waals surface area contributed by atoms with Crippen LogP contribution in [0.4, 0.5) is 11.5 Å². The van der Waals surface area contributed by atoms with Crippen LogP contribution in [0.25, 0.3) is 0 Å². The number of rotatable bonds is 6. The van der Waals surface area contributed by atoms with Gasteiger partial charge in [0.1, 0.15) is 5.69 Å². The second kappa shape index (κ2) is 7.34. The van der Waals surface area contributed by atoms with Crippen LogP contribution in [0.3, 0.4) is 0 Å². The third-order valence-corrected chi connectivity index (χ3v) is 4.86. The number of carbonyl (C=O) groups is 1. The molecular weight excluding hydrogens is 328 g/mol. The molecule has 1 aliphatic rings. The summed E-state index contributed by atoms with van der Waals surface area (Å²) in [5.41, 5.74) is 6.07. The Balaban J connectivity index is 2.14. The number of hydrogen-bond acceptors (Lipinski definition) is 7. The lowest BCUT2D eigenvalue weighted by molar-refractivity contribution is -0.141. The molecule has 3 atom stereocenters. The summed E-state index contributed by atoms with van der Waals surface area (Å²) in [5.74, 6) is -0.280. The van der Waals surface area contributed by atoms with Crippen molar-refractivity contribution in [1.82, 2.24) is 9.97 Å². The summed E-state index contributed by atoms with van der Waals surface area (Å²) in [6.07, 6.45) is 0.736. The SMILES string of the molecule is CCCSc1nc(Cl)c(N)c(N[C@@H]2C[C@H](C(=O)O)C[C@H]2O)n1. The zero-order valence-electron chi connectivity index (χ0n) is 12.1. The smallest absolute Gasteiger partial charge is 0.306 e. The lowest BCUT2D eigenvalue weighted by Crippen LogP contribution is -2.29. The Morgan fingerprint density at radius 3 is 2.82 bits per heavy atom. The molecule has 9 heteroatoms. The van der Waals surface area contributed by atoms with Gasteiger partial charge in [0.05, 0.1) is 18.1 Å². The predicted octanol–water partition coefficient (Wildman–Crippen LogP) is 1.85. The minimum Gasteiger partial charge on any atom is -0.481 e. The molecule has 1 aliphatic carbocycles. The third-order valence-electron chi connectivity index (χ3n) is 3.51. The van der Waals surface area contributed by atoms with E-state index in [0.29, 0.717) is 17.4 Å². The summed E-state index contributed by atoms with van der Waals surface area (Å²) < 4.78 is 0. The van der Waals surface area contributed by atoms with E-state index < -0.39 is 24.0 Å². The Bertz CT molecular complexity index is 560. The highest BCUT2D eigenvalue weighted by atomic mass is 35.5. The lowest BCUT2D eigenvalue weighted by Gasteiger charge is -2.18. The first-order valence-corrected chi connectivity index (χ1v) is 8.42. The van der Waals surface area contributed by atoms with Crippen LogP contribution >= 0.6 is 23.4 Å². The maximum atomic E-state index is 11.0. The largest absolute Gasteiger partial charge is 0.481 e. The summed E-state index contributed by atoms with van der Waals surface area (Å²) in [7, 11) is 0. The molecule has 0 spiro atoms. The molecule has 5 N–H and O–H groups in total. The topological polar surface area (TPSA) is 121 Å². The van der Waals surface area contributed by atoms with E-state index in [4.69, 9.17) is 22.4 Å². The lowest BCUT2D eigenvalue weighted by atomic mass is 10.1. The molecule has 1 heterocycles. The normalized spacial score (nSPS) is 24.4. The molecule has 22 heavy (non-hydrogen) atoms. The molecule has 0 radical (unpaired) electrons. The number of aromatic nitrogens is 2. The highest BCUT2D eigenvalue weighted by molar-refractivity contribution is 7.99. The number of aliphatic hydroxyl groups excluding tert-OH is 1. The Kier molecular flexibility index (Phi) is 5.71. The van der Waals surface area contributed by atoms with Crippen LogP contribution in [-0.4, -0.2) is 44.0 Å². The van der Waals surface area contributed by atoms with Gasteiger partial charge in [-0.25, -0.2) is 9.97 Å².